The maximum Gasteiger partial charge on any atom is 0.269 e. The maximum absolute atomic E-state index is 12.2. The summed E-state index contributed by atoms with van der Waals surface area (Å²) in [5.41, 5.74) is 3.09. The molecule has 5 rings (SSSR count). The zero-order valence-electron chi connectivity index (χ0n) is 19.6. The molecule has 0 aliphatic heterocycles. The molecule has 0 bridgehead atoms. The number of amides is 1. The third kappa shape index (κ3) is 3.83. The van der Waals surface area contributed by atoms with Crippen LogP contribution in [-0.2, 0) is 0 Å². The van der Waals surface area contributed by atoms with Gasteiger partial charge in [-0.2, -0.15) is 4.98 Å². The minimum absolute atomic E-state index is 0.204. The average molecular weight is 464 g/mol. The van der Waals surface area contributed by atoms with Crippen LogP contribution in [-0.4, -0.2) is 60.8 Å². The van der Waals surface area contributed by atoms with Gasteiger partial charge in [0.25, 0.3) is 5.91 Å². The Hall–Kier alpha value is -3.66. The molecular formula is C24H29N7O3. The van der Waals surface area contributed by atoms with E-state index >= 15 is 0 Å². The average Bonchev–Trinajstić information content (AvgIpc) is 3.48. The molecule has 34 heavy (non-hydrogen) atoms. The number of aromatic nitrogens is 5. The van der Waals surface area contributed by atoms with Crippen molar-refractivity contribution in [2.24, 2.45) is 0 Å². The standard InChI is InChI=1S/C24H29N7O3/c1-4-24(33)10-7-16(8-11-24)27-23-28-22(34-3)20-17(9-12-31(20)29-23)15-5-6-19-26-13-18(21(32)25-2)30(19)14-15/h5-6,9,12-14,16,33H,4,7-8,10-11H2,1-3H3,(H,25,32)(H,27,29). The van der Waals surface area contributed by atoms with Crippen LogP contribution in [0.15, 0.2) is 36.8 Å². The first-order chi connectivity index (χ1) is 16.4. The Morgan fingerprint density at radius 1 is 1.29 bits per heavy atom. The number of imidazole rings is 1. The van der Waals surface area contributed by atoms with Crippen LogP contribution in [0.4, 0.5) is 5.95 Å². The van der Waals surface area contributed by atoms with E-state index in [0.717, 1.165) is 48.7 Å². The van der Waals surface area contributed by atoms with E-state index in [-0.39, 0.29) is 11.9 Å². The first-order valence-corrected chi connectivity index (χ1v) is 11.6. The molecule has 4 heterocycles. The fourth-order valence-corrected chi connectivity index (χ4v) is 4.70. The smallest absolute Gasteiger partial charge is 0.269 e. The number of carbonyl (C=O) groups is 1. The Morgan fingerprint density at radius 2 is 2.09 bits per heavy atom. The molecule has 0 saturated heterocycles. The number of hydrogen-bond acceptors (Lipinski definition) is 7. The molecule has 0 atom stereocenters. The molecule has 10 heteroatoms. The van der Waals surface area contributed by atoms with Crippen molar-refractivity contribution in [1.29, 1.82) is 0 Å². The highest BCUT2D eigenvalue weighted by atomic mass is 16.5. The van der Waals surface area contributed by atoms with Gasteiger partial charge in [0.2, 0.25) is 11.8 Å². The molecule has 1 fully saturated rings. The Morgan fingerprint density at radius 3 is 2.79 bits per heavy atom. The lowest BCUT2D eigenvalue weighted by Gasteiger charge is -2.35. The Bertz CT molecular complexity index is 1350. The number of hydrogen-bond donors (Lipinski definition) is 3. The van der Waals surface area contributed by atoms with Gasteiger partial charge in [-0.05, 0) is 50.3 Å². The number of fused-ring (bicyclic) bond motifs is 2. The van der Waals surface area contributed by atoms with Gasteiger partial charge in [-0.25, -0.2) is 9.50 Å². The van der Waals surface area contributed by atoms with Crippen molar-refractivity contribution in [3.8, 4) is 17.0 Å². The highest BCUT2D eigenvalue weighted by molar-refractivity contribution is 5.93. The summed E-state index contributed by atoms with van der Waals surface area (Å²) in [5.74, 6) is 0.740. The van der Waals surface area contributed by atoms with Crippen LogP contribution in [0.3, 0.4) is 0 Å². The van der Waals surface area contributed by atoms with Gasteiger partial charge in [0.05, 0.1) is 18.9 Å². The zero-order valence-corrected chi connectivity index (χ0v) is 19.6. The molecular weight excluding hydrogens is 434 g/mol. The number of rotatable bonds is 6. The van der Waals surface area contributed by atoms with Crippen LogP contribution in [0.5, 0.6) is 5.88 Å². The third-order valence-electron chi connectivity index (χ3n) is 6.86. The van der Waals surface area contributed by atoms with E-state index in [2.05, 4.69) is 25.7 Å². The lowest BCUT2D eigenvalue weighted by atomic mass is 9.80. The number of ether oxygens (including phenoxy) is 1. The molecule has 0 radical (unpaired) electrons. The summed E-state index contributed by atoms with van der Waals surface area (Å²) in [6.07, 6.45) is 9.35. The van der Waals surface area contributed by atoms with E-state index in [9.17, 15) is 9.90 Å². The van der Waals surface area contributed by atoms with Crippen molar-refractivity contribution in [2.45, 2.75) is 50.7 Å². The molecule has 0 aromatic carbocycles. The lowest BCUT2D eigenvalue weighted by molar-refractivity contribution is -0.00199. The number of nitrogens with one attached hydrogen (secondary N) is 2. The fraction of sp³-hybridized carbons (Fsp3) is 0.417. The lowest BCUT2D eigenvalue weighted by Crippen LogP contribution is -2.38. The molecule has 1 aliphatic rings. The van der Waals surface area contributed by atoms with Gasteiger partial charge >= 0.3 is 0 Å². The summed E-state index contributed by atoms with van der Waals surface area (Å²) >= 11 is 0. The Balaban J connectivity index is 1.48. The summed E-state index contributed by atoms with van der Waals surface area (Å²) in [6, 6.07) is 5.98. The van der Waals surface area contributed by atoms with Crippen molar-refractivity contribution in [2.75, 3.05) is 19.5 Å². The van der Waals surface area contributed by atoms with Gasteiger partial charge in [0, 0.05) is 36.6 Å². The second kappa shape index (κ2) is 8.60. The van der Waals surface area contributed by atoms with Crippen LogP contribution < -0.4 is 15.4 Å². The van der Waals surface area contributed by atoms with Gasteiger partial charge < -0.3 is 20.5 Å². The molecule has 1 amide bonds. The third-order valence-corrected chi connectivity index (χ3v) is 6.86. The molecule has 1 aliphatic carbocycles. The molecule has 1 saturated carbocycles. The van der Waals surface area contributed by atoms with Gasteiger partial charge in [0.15, 0.2) is 0 Å². The molecule has 4 aromatic rings. The van der Waals surface area contributed by atoms with E-state index in [1.54, 1.807) is 29.3 Å². The fourth-order valence-electron chi connectivity index (χ4n) is 4.70. The summed E-state index contributed by atoms with van der Waals surface area (Å²) in [6.45, 7) is 2.03. The predicted octanol–water partition coefficient (Wildman–Crippen LogP) is 2.91. The van der Waals surface area contributed by atoms with Crippen molar-refractivity contribution >= 4 is 23.0 Å². The van der Waals surface area contributed by atoms with Gasteiger partial charge in [-0.1, -0.05) is 6.92 Å². The molecule has 0 unspecified atom stereocenters. The van der Waals surface area contributed by atoms with E-state index in [1.807, 2.05) is 37.5 Å². The van der Waals surface area contributed by atoms with Crippen LogP contribution in [0.2, 0.25) is 0 Å². The van der Waals surface area contributed by atoms with E-state index < -0.39 is 5.60 Å². The first-order valence-electron chi connectivity index (χ1n) is 11.6. The Labute approximate surface area is 197 Å². The first kappa shape index (κ1) is 22.1. The molecule has 178 valence electrons. The van der Waals surface area contributed by atoms with Gasteiger partial charge in [-0.15, -0.1) is 5.10 Å². The highest BCUT2D eigenvalue weighted by Gasteiger charge is 2.31. The van der Waals surface area contributed by atoms with Crippen molar-refractivity contribution in [3.63, 3.8) is 0 Å². The van der Waals surface area contributed by atoms with Crippen molar-refractivity contribution < 1.29 is 14.6 Å². The molecule has 0 spiro atoms. The normalized spacial score (nSPS) is 20.5. The number of methoxy groups -OCH3 is 1. The minimum Gasteiger partial charge on any atom is -0.479 e. The molecule has 3 N–H and O–H groups in total. The second-order valence-electron chi connectivity index (χ2n) is 8.83. The maximum atomic E-state index is 12.2. The summed E-state index contributed by atoms with van der Waals surface area (Å²) in [5, 5.41) is 21.2. The largest absolute Gasteiger partial charge is 0.479 e. The van der Waals surface area contributed by atoms with E-state index in [1.165, 1.54) is 0 Å². The highest BCUT2D eigenvalue weighted by Crippen LogP contribution is 2.34. The molecule has 10 nitrogen and oxygen atoms in total. The van der Waals surface area contributed by atoms with E-state index in [4.69, 9.17) is 4.74 Å². The summed E-state index contributed by atoms with van der Waals surface area (Å²) in [7, 11) is 3.19. The number of aliphatic hydroxyl groups is 1. The Kier molecular flexibility index (Phi) is 5.60. The number of pyridine rings is 1. The molecule has 4 aromatic heterocycles. The van der Waals surface area contributed by atoms with Crippen LogP contribution >= 0.6 is 0 Å². The predicted molar refractivity (Wildman–Crippen MR) is 128 cm³/mol. The number of anilines is 1. The van der Waals surface area contributed by atoms with Gasteiger partial charge in [-0.3, -0.25) is 9.20 Å². The minimum atomic E-state index is -0.552. The number of nitrogens with zero attached hydrogens (tertiary/aromatic N) is 5. The SMILES string of the molecule is CCC1(O)CCC(Nc2nc(OC)c3c(-c4ccc5ncc(C(=O)NC)n5c4)ccn3n2)CC1. The van der Waals surface area contributed by atoms with Crippen LogP contribution in [0.1, 0.15) is 49.5 Å². The zero-order chi connectivity index (χ0) is 23.9. The summed E-state index contributed by atoms with van der Waals surface area (Å²) in [4.78, 5) is 21.2. The quantitative estimate of drug-likeness (QED) is 0.402. The monoisotopic (exact) mass is 463 g/mol. The van der Waals surface area contributed by atoms with Crippen molar-refractivity contribution in [3.05, 3.63) is 42.5 Å². The van der Waals surface area contributed by atoms with Crippen LogP contribution in [0.25, 0.3) is 22.3 Å². The van der Waals surface area contributed by atoms with E-state index in [0.29, 0.717) is 23.2 Å². The van der Waals surface area contributed by atoms with Crippen LogP contribution in [0, 0.1) is 0 Å². The number of carbonyl (C=O) groups excluding carboxylic acids is 1. The van der Waals surface area contributed by atoms with Crippen molar-refractivity contribution in [1.82, 2.24) is 29.3 Å². The van der Waals surface area contributed by atoms with Gasteiger partial charge in [0.1, 0.15) is 16.9 Å². The summed E-state index contributed by atoms with van der Waals surface area (Å²) < 4.78 is 9.17. The topological polar surface area (TPSA) is 118 Å². The second-order valence-corrected chi connectivity index (χ2v) is 8.83.